The average molecular weight is 460 g/mol. The van der Waals surface area contributed by atoms with Gasteiger partial charge in [-0.1, -0.05) is 66.5 Å². The topological polar surface area (TPSA) is 83.7 Å². The van der Waals surface area contributed by atoms with E-state index in [0.29, 0.717) is 24.7 Å². The second-order valence-corrected chi connectivity index (χ2v) is 8.72. The van der Waals surface area contributed by atoms with Gasteiger partial charge in [-0.25, -0.2) is 5.43 Å². The number of unbranched alkanes of at least 4 members (excludes halogenated alkanes) is 1. The number of aryl methyl sites for hydroxylation is 1. The van der Waals surface area contributed by atoms with Gasteiger partial charge in [-0.2, -0.15) is 4.98 Å². The predicted octanol–water partition coefficient (Wildman–Crippen LogP) is 4.36. The van der Waals surface area contributed by atoms with Crippen LogP contribution in [0, 0.1) is 6.92 Å². The molecular formula is C26H29N5O3. The number of carbonyl (C=O) groups is 1. The number of rotatable bonds is 8. The number of aromatic nitrogens is 2. The van der Waals surface area contributed by atoms with Gasteiger partial charge in [0.15, 0.2) is 0 Å². The lowest BCUT2D eigenvalue weighted by Gasteiger charge is -2.30. The molecule has 0 aliphatic carbocycles. The Kier molecular flexibility index (Phi) is 6.31. The van der Waals surface area contributed by atoms with Crippen molar-refractivity contribution in [2.24, 2.45) is 0 Å². The Bertz CT molecular complexity index is 1170. The molecule has 1 aromatic heterocycles. The van der Waals surface area contributed by atoms with Crippen LogP contribution in [0.1, 0.15) is 49.2 Å². The molecule has 2 aliphatic heterocycles. The molecule has 0 bridgehead atoms. The fraction of sp³-hybridized carbons (Fsp3) is 0.346. The number of hydrogen-bond acceptors (Lipinski definition) is 7. The van der Waals surface area contributed by atoms with Crippen molar-refractivity contribution in [1.29, 1.82) is 0 Å². The zero-order valence-electron chi connectivity index (χ0n) is 19.5. The molecule has 1 N–H and O–H groups in total. The molecular weight excluding hydrogens is 430 g/mol. The molecule has 8 heteroatoms. The molecule has 2 unspecified atom stereocenters. The summed E-state index contributed by atoms with van der Waals surface area (Å²) in [6.07, 6.45) is 6.39. The van der Waals surface area contributed by atoms with E-state index in [0.717, 1.165) is 29.7 Å². The SMILES string of the molecule is CCCCOc1ccccc1C1CC2C(=O)N(Cc3nc(-c4ccc(C)cc4)no3)C=CN2N1. The minimum Gasteiger partial charge on any atom is -0.493 e. The molecule has 1 saturated heterocycles. The largest absolute Gasteiger partial charge is 0.493 e. The van der Waals surface area contributed by atoms with Crippen LogP contribution in [-0.4, -0.2) is 38.6 Å². The summed E-state index contributed by atoms with van der Waals surface area (Å²) in [5, 5.41) is 5.97. The van der Waals surface area contributed by atoms with E-state index in [1.54, 1.807) is 11.1 Å². The van der Waals surface area contributed by atoms with Crippen LogP contribution in [0.4, 0.5) is 0 Å². The van der Waals surface area contributed by atoms with E-state index >= 15 is 0 Å². The molecule has 176 valence electrons. The van der Waals surface area contributed by atoms with E-state index in [2.05, 4.69) is 28.6 Å². The number of ether oxygens (including phenoxy) is 1. The van der Waals surface area contributed by atoms with Crippen molar-refractivity contribution in [2.45, 2.75) is 51.7 Å². The van der Waals surface area contributed by atoms with Gasteiger partial charge in [0.25, 0.3) is 5.91 Å². The minimum atomic E-state index is -0.307. The summed E-state index contributed by atoms with van der Waals surface area (Å²) in [6, 6.07) is 15.7. The van der Waals surface area contributed by atoms with Crippen LogP contribution >= 0.6 is 0 Å². The van der Waals surface area contributed by atoms with E-state index in [-0.39, 0.29) is 24.5 Å². The maximum absolute atomic E-state index is 13.3. The quantitative estimate of drug-likeness (QED) is 0.501. The number of hydrogen-bond donors (Lipinski definition) is 1. The number of para-hydroxylation sites is 1. The van der Waals surface area contributed by atoms with Crippen LogP contribution in [0.2, 0.25) is 0 Å². The highest BCUT2D eigenvalue weighted by Gasteiger charge is 2.41. The predicted molar refractivity (Wildman–Crippen MR) is 127 cm³/mol. The number of nitrogens with zero attached hydrogens (tertiary/aromatic N) is 4. The molecule has 1 amide bonds. The van der Waals surface area contributed by atoms with Gasteiger partial charge in [-0.15, -0.1) is 0 Å². The summed E-state index contributed by atoms with van der Waals surface area (Å²) >= 11 is 0. The Balaban J connectivity index is 1.26. The Hall–Kier alpha value is -3.65. The van der Waals surface area contributed by atoms with Crippen LogP contribution in [0.5, 0.6) is 5.75 Å². The van der Waals surface area contributed by atoms with Gasteiger partial charge in [0.2, 0.25) is 11.7 Å². The monoisotopic (exact) mass is 459 g/mol. The number of carbonyl (C=O) groups excluding carboxylic acids is 1. The maximum Gasteiger partial charge on any atom is 0.251 e. The Morgan fingerprint density at radius 3 is 2.79 bits per heavy atom. The van der Waals surface area contributed by atoms with Crippen molar-refractivity contribution in [3.8, 4) is 17.1 Å². The first-order chi connectivity index (χ1) is 16.6. The number of hydrazine groups is 1. The van der Waals surface area contributed by atoms with Crippen molar-refractivity contribution in [3.63, 3.8) is 0 Å². The Morgan fingerprint density at radius 1 is 1.15 bits per heavy atom. The van der Waals surface area contributed by atoms with Gasteiger partial charge in [-0.3, -0.25) is 4.79 Å². The molecule has 2 atom stereocenters. The lowest BCUT2D eigenvalue weighted by molar-refractivity contribution is -0.135. The van der Waals surface area contributed by atoms with Gasteiger partial charge in [-0.05, 0) is 25.8 Å². The van der Waals surface area contributed by atoms with Gasteiger partial charge in [0.1, 0.15) is 18.3 Å². The normalized spacial score (nSPS) is 19.5. The second kappa shape index (κ2) is 9.69. The van der Waals surface area contributed by atoms with Crippen LogP contribution in [-0.2, 0) is 11.3 Å². The molecule has 3 aromatic rings. The smallest absolute Gasteiger partial charge is 0.251 e. The van der Waals surface area contributed by atoms with Gasteiger partial charge >= 0.3 is 0 Å². The summed E-state index contributed by atoms with van der Waals surface area (Å²) in [4.78, 5) is 19.4. The van der Waals surface area contributed by atoms with Crippen LogP contribution in [0.3, 0.4) is 0 Å². The third-order valence-electron chi connectivity index (χ3n) is 6.21. The first kappa shape index (κ1) is 22.2. The Labute approximate surface area is 199 Å². The number of nitrogens with one attached hydrogen (secondary N) is 1. The van der Waals surface area contributed by atoms with Crippen molar-refractivity contribution in [3.05, 3.63) is 77.9 Å². The molecule has 2 aromatic carbocycles. The van der Waals surface area contributed by atoms with E-state index in [4.69, 9.17) is 9.26 Å². The molecule has 1 fully saturated rings. The summed E-state index contributed by atoms with van der Waals surface area (Å²) in [7, 11) is 0. The van der Waals surface area contributed by atoms with Crippen LogP contribution < -0.4 is 10.2 Å². The highest BCUT2D eigenvalue weighted by atomic mass is 16.5. The fourth-order valence-electron chi connectivity index (χ4n) is 4.28. The number of fused-ring (bicyclic) bond motifs is 1. The van der Waals surface area contributed by atoms with Crippen LogP contribution in [0.25, 0.3) is 11.4 Å². The zero-order valence-corrected chi connectivity index (χ0v) is 19.5. The summed E-state index contributed by atoms with van der Waals surface area (Å²) in [5.74, 6) is 1.79. The summed E-state index contributed by atoms with van der Waals surface area (Å²) in [5.41, 5.74) is 6.57. The first-order valence-electron chi connectivity index (χ1n) is 11.8. The highest BCUT2D eigenvalue weighted by molar-refractivity contribution is 5.84. The van der Waals surface area contributed by atoms with Crippen molar-refractivity contribution >= 4 is 5.91 Å². The zero-order chi connectivity index (χ0) is 23.5. The number of benzene rings is 2. The molecule has 0 radical (unpaired) electrons. The third-order valence-corrected chi connectivity index (χ3v) is 6.21. The molecule has 34 heavy (non-hydrogen) atoms. The maximum atomic E-state index is 13.3. The number of amides is 1. The molecule has 5 rings (SSSR count). The molecule has 0 saturated carbocycles. The van der Waals surface area contributed by atoms with E-state index < -0.39 is 0 Å². The van der Waals surface area contributed by atoms with Crippen molar-refractivity contribution < 1.29 is 14.1 Å². The van der Waals surface area contributed by atoms with Crippen LogP contribution in [0.15, 0.2) is 65.5 Å². The first-order valence-corrected chi connectivity index (χ1v) is 11.8. The minimum absolute atomic E-state index is 0.00281. The lowest BCUT2D eigenvalue weighted by Crippen LogP contribution is -2.47. The molecule has 0 spiro atoms. The summed E-state index contributed by atoms with van der Waals surface area (Å²) in [6.45, 7) is 5.10. The van der Waals surface area contributed by atoms with Gasteiger partial charge < -0.3 is 19.2 Å². The van der Waals surface area contributed by atoms with E-state index in [9.17, 15) is 4.79 Å². The van der Waals surface area contributed by atoms with Gasteiger partial charge in [0, 0.05) is 23.5 Å². The lowest BCUT2D eigenvalue weighted by atomic mass is 10.00. The summed E-state index contributed by atoms with van der Waals surface area (Å²) < 4.78 is 11.4. The van der Waals surface area contributed by atoms with Crippen molar-refractivity contribution in [2.75, 3.05) is 6.61 Å². The molecule has 2 aliphatic rings. The second-order valence-electron chi connectivity index (χ2n) is 8.72. The van der Waals surface area contributed by atoms with Crippen molar-refractivity contribution in [1.82, 2.24) is 25.5 Å². The average Bonchev–Trinajstić information content (AvgIpc) is 3.50. The fourth-order valence-corrected chi connectivity index (χ4v) is 4.28. The standard InChI is InChI=1S/C26H29N5O3/c1-3-4-15-33-23-8-6-5-7-20(23)21-16-22-26(32)30(13-14-31(22)28-21)17-24-27-25(29-34-24)19-11-9-18(2)10-12-19/h5-14,21-22,28H,3-4,15-17H2,1-2H3. The molecule has 3 heterocycles. The van der Waals surface area contributed by atoms with E-state index in [1.165, 1.54) is 5.56 Å². The molecule has 8 nitrogen and oxygen atoms in total. The third kappa shape index (κ3) is 4.54. The van der Waals surface area contributed by atoms with Gasteiger partial charge in [0.05, 0.1) is 12.6 Å². The highest BCUT2D eigenvalue weighted by Crippen LogP contribution is 2.35. The van der Waals surface area contributed by atoms with E-state index in [1.807, 2.05) is 60.6 Å². The Morgan fingerprint density at radius 2 is 1.97 bits per heavy atom.